The predicted octanol–water partition coefficient (Wildman–Crippen LogP) is 1.83. The van der Waals surface area contributed by atoms with E-state index in [-0.39, 0.29) is 17.2 Å². The van der Waals surface area contributed by atoms with Crippen LogP contribution in [0.1, 0.15) is 38.1 Å². The third kappa shape index (κ3) is 4.43. The lowest BCUT2D eigenvalue weighted by Gasteiger charge is -2.26. The minimum Gasteiger partial charge on any atom is -0.507 e. The van der Waals surface area contributed by atoms with Gasteiger partial charge in [0.15, 0.2) is 0 Å². The maximum Gasteiger partial charge on any atom is 0.259 e. The van der Waals surface area contributed by atoms with Crippen molar-refractivity contribution in [1.82, 2.24) is 9.88 Å². The Morgan fingerprint density at radius 1 is 1.26 bits per heavy atom. The highest BCUT2D eigenvalue weighted by atomic mass is 16.3. The van der Waals surface area contributed by atoms with Gasteiger partial charge in [0.05, 0.1) is 5.56 Å². The topological polar surface area (TPSA) is 73.4 Å². The minimum atomic E-state index is -0.423. The lowest BCUT2D eigenvalue weighted by molar-refractivity contribution is 0.0711. The Morgan fingerprint density at radius 2 is 1.79 bits per heavy atom. The molecular weight excluding hydrogens is 244 g/mol. The first kappa shape index (κ1) is 15.3. The Bertz CT molecular complexity index is 482. The van der Waals surface area contributed by atoms with Gasteiger partial charge in [0.1, 0.15) is 5.75 Å². The van der Waals surface area contributed by atoms with E-state index in [4.69, 9.17) is 0 Å². The molecule has 0 radical (unpaired) electrons. The normalized spacial score (nSPS) is 11.1. The maximum atomic E-state index is 12.4. The number of aromatic nitrogens is 1. The fourth-order valence-electron chi connectivity index (χ4n) is 1.92. The standard InChI is InChI=1S/C14H22N2O3/c1-9(2)7-16(8-10(3)4)14(19)11-6-15-13(18)5-12(11)17/h5-6,9-10H,7-8H2,1-4H3,(H2,15,17,18). The van der Waals surface area contributed by atoms with E-state index >= 15 is 0 Å². The summed E-state index contributed by atoms with van der Waals surface area (Å²) in [4.78, 5) is 27.6. The molecule has 1 rings (SSSR count). The van der Waals surface area contributed by atoms with E-state index in [0.717, 1.165) is 6.07 Å². The highest BCUT2D eigenvalue weighted by molar-refractivity contribution is 5.96. The number of aromatic hydroxyl groups is 1. The molecule has 1 heterocycles. The molecule has 0 atom stereocenters. The molecule has 1 aromatic heterocycles. The van der Waals surface area contributed by atoms with E-state index in [1.54, 1.807) is 4.90 Å². The van der Waals surface area contributed by atoms with Crippen LogP contribution in [0.25, 0.3) is 0 Å². The Hall–Kier alpha value is -1.78. The minimum absolute atomic E-state index is 0.140. The number of hydrogen-bond acceptors (Lipinski definition) is 3. The van der Waals surface area contributed by atoms with Crippen molar-refractivity contribution in [2.24, 2.45) is 11.8 Å². The molecule has 0 unspecified atom stereocenters. The number of rotatable bonds is 5. The van der Waals surface area contributed by atoms with Gasteiger partial charge < -0.3 is 15.0 Å². The van der Waals surface area contributed by atoms with Gasteiger partial charge in [-0.1, -0.05) is 27.7 Å². The molecule has 0 saturated heterocycles. The zero-order chi connectivity index (χ0) is 14.6. The summed E-state index contributed by atoms with van der Waals surface area (Å²) in [7, 11) is 0. The molecule has 0 aliphatic heterocycles. The van der Waals surface area contributed by atoms with Gasteiger partial charge in [-0.25, -0.2) is 0 Å². The molecule has 106 valence electrons. The average molecular weight is 266 g/mol. The second-order valence-electron chi connectivity index (χ2n) is 5.59. The number of H-pyrrole nitrogens is 1. The Kier molecular flexibility index (Phi) is 5.15. The predicted molar refractivity (Wildman–Crippen MR) is 74.3 cm³/mol. The van der Waals surface area contributed by atoms with Gasteiger partial charge in [-0.05, 0) is 11.8 Å². The summed E-state index contributed by atoms with van der Waals surface area (Å²) < 4.78 is 0. The number of nitrogens with one attached hydrogen (secondary N) is 1. The Balaban J connectivity index is 3.00. The number of aromatic amines is 1. The van der Waals surface area contributed by atoms with E-state index in [9.17, 15) is 14.7 Å². The van der Waals surface area contributed by atoms with Crippen LogP contribution >= 0.6 is 0 Å². The van der Waals surface area contributed by atoms with Crippen molar-refractivity contribution >= 4 is 5.91 Å². The lowest BCUT2D eigenvalue weighted by Crippen LogP contribution is -2.37. The Morgan fingerprint density at radius 3 is 2.21 bits per heavy atom. The van der Waals surface area contributed by atoms with Crippen molar-refractivity contribution in [3.63, 3.8) is 0 Å². The number of carbonyl (C=O) groups is 1. The molecule has 0 bridgehead atoms. The van der Waals surface area contributed by atoms with Crippen molar-refractivity contribution in [2.75, 3.05) is 13.1 Å². The number of amides is 1. The molecule has 0 saturated carbocycles. The fourth-order valence-corrected chi connectivity index (χ4v) is 1.92. The summed E-state index contributed by atoms with van der Waals surface area (Å²) in [5.74, 6) is 0.155. The fraction of sp³-hybridized carbons (Fsp3) is 0.571. The first-order chi connectivity index (χ1) is 8.81. The van der Waals surface area contributed by atoms with Crippen LogP contribution in [0.15, 0.2) is 17.1 Å². The third-order valence-electron chi connectivity index (χ3n) is 2.59. The molecule has 5 heteroatoms. The van der Waals surface area contributed by atoms with Gasteiger partial charge in [0.25, 0.3) is 11.5 Å². The van der Waals surface area contributed by atoms with Crippen LogP contribution in [0.4, 0.5) is 0 Å². The summed E-state index contributed by atoms with van der Waals surface area (Å²) in [6.07, 6.45) is 1.27. The second-order valence-corrected chi connectivity index (χ2v) is 5.59. The van der Waals surface area contributed by atoms with Crippen LogP contribution < -0.4 is 5.56 Å². The Labute approximate surface area is 113 Å². The van der Waals surface area contributed by atoms with E-state index < -0.39 is 5.56 Å². The lowest BCUT2D eigenvalue weighted by atomic mass is 10.1. The van der Waals surface area contributed by atoms with Crippen LogP contribution in [0.5, 0.6) is 5.75 Å². The van der Waals surface area contributed by atoms with Crippen LogP contribution in [0.2, 0.25) is 0 Å². The van der Waals surface area contributed by atoms with Crippen LogP contribution in [-0.4, -0.2) is 34.0 Å². The van der Waals surface area contributed by atoms with Crippen molar-refractivity contribution in [3.8, 4) is 5.75 Å². The van der Waals surface area contributed by atoms with Gasteiger partial charge in [0.2, 0.25) is 0 Å². The molecular formula is C14H22N2O3. The number of pyridine rings is 1. The van der Waals surface area contributed by atoms with Crippen molar-refractivity contribution in [2.45, 2.75) is 27.7 Å². The quantitative estimate of drug-likeness (QED) is 0.854. The van der Waals surface area contributed by atoms with E-state index in [2.05, 4.69) is 4.98 Å². The van der Waals surface area contributed by atoms with Crippen LogP contribution in [0.3, 0.4) is 0 Å². The first-order valence-corrected chi connectivity index (χ1v) is 6.52. The number of carbonyl (C=O) groups excluding carboxylic acids is 1. The van der Waals surface area contributed by atoms with Crippen molar-refractivity contribution in [3.05, 3.63) is 28.2 Å². The van der Waals surface area contributed by atoms with Gasteiger partial charge in [-0.2, -0.15) is 0 Å². The largest absolute Gasteiger partial charge is 0.507 e. The van der Waals surface area contributed by atoms with Crippen LogP contribution in [-0.2, 0) is 0 Å². The molecule has 1 amide bonds. The highest BCUT2D eigenvalue weighted by Crippen LogP contribution is 2.17. The molecule has 5 nitrogen and oxygen atoms in total. The number of nitrogens with zero attached hydrogens (tertiary/aromatic N) is 1. The molecule has 1 aromatic rings. The molecule has 19 heavy (non-hydrogen) atoms. The molecule has 0 aliphatic rings. The summed E-state index contributed by atoms with van der Waals surface area (Å²) in [6, 6.07) is 1.02. The molecule has 0 aromatic carbocycles. The van der Waals surface area contributed by atoms with Gasteiger partial charge in [-0.15, -0.1) is 0 Å². The summed E-state index contributed by atoms with van der Waals surface area (Å²) in [6.45, 7) is 9.38. The summed E-state index contributed by atoms with van der Waals surface area (Å²) in [5, 5.41) is 9.71. The first-order valence-electron chi connectivity index (χ1n) is 6.52. The number of hydrogen-bond donors (Lipinski definition) is 2. The van der Waals surface area contributed by atoms with E-state index in [1.807, 2.05) is 27.7 Å². The SMILES string of the molecule is CC(C)CN(CC(C)C)C(=O)c1c[nH]c(=O)cc1O. The van der Waals surface area contributed by atoms with Crippen molar-refractivity contribution in [1.29, 1.82) is 0 Å². The average Bonchev–Trinajstić information content (AvgIpc) is 2.26. The zero-order valence-corrected chi connectivity index (χ0v) is 11.9. The van der Waals surface area contributed by atoms with Crippen LogP contribution in [0, 0.1) is 11.8 Å². The van der Waals surface area contributed by atoms with Gasteiger partial charge >= 0.3 is 0 Å². The molecule has 0 aliphatic carbocycles. The molecule has 2 N–H and O–H groups in total. The third-order valence-corrected chi connectivity index (χ3v) is 2.59. The van der Waals surface area contributed by atoms with Crippen molar-refractivity contribution < 1.29 is 9.90 Å². The van der Waals surface area contributed by atoms with E-state index in [1.165, 1.54) is 6.20 Å². The molecule has 0 spiro atoms. The molecule has 0 fully saturated rings. The van der Waals surface area contributed by atoms with E-state index in [0.29, 0.717) is 24.9 Å². The monoisotopic (exact) mass is 266 g/mol. The van der Waals surface area contributed by atoms with Gasteiger partial charge in [-0.3, -0.25) is 9.59 Å². The highest BCUT2D eigenvalue weighted by Gasteiger charge is 2.21. The second kappa shape index (κ2) is 6.41. The smallest absolute Gasteiger partial charge is 0.259 e. The summed E-state index contributed by atoms with van der Waals surface area (Å²) in [5.41, 5.74) is -0.283. The van der Waals surface area contributed by atoms with Gasteiger partial charge in [0, 0.05) is 25.4 Å². The summed E-state index contributed by atoms with van der Waals surface area (Å²) >= 11 is 0. The zero-order valence-electron chi connectivity index (χ0n) is 11.9. The maximum absolute atomic E-state index is 12.4.